The van der Waals surface area contributed by atoms with Gasteiger partial charge in [0.05, 0.1) is 14.8 Å². The molecule has 1 atom stereocenters. The number of rotatable bonds is 5. The van der Waals surface area contributed by atoms with E-state index in [1.165, 1.54) is 18.2 Å². The van der Waals surface area contributed by atoms with Gasteiger partial charge in [0, 0.05) is 37.1 Å². The van der Waals surface area contributed by atoms with Gasteiger partial charge in [-0.05, 0) is 36.8 Å². The number of sulfone groups is 1. The van der Waals surface area contributed by atoms with E-state index in [0.717, 1.165) is 18.0 Å². The summed E-state index contributed by atoms with van der Waals surface area (Å²) in [5, 5.41) is 14.5. The molecule has 1 unspecified atom stereocenters. The normalized spacial score (nSPS) is 17.1. The molecule has 0 bridgehead atoms. The number of halogens is 2. The van der Waals surface area contributed by atoms with Gasteiger partial charge in [0.25, 0.3) is 5.69 Å². The van der Waals surface area contributed by atoms with Gasteiger partial charge in [-0.2, -0.15) is 0 Å². The Bertz CT molecular complexity index is 1000. The second-order valence-electron chi connectivity index (χ2n) is 6.38. The quantitative estimate of drug-likeness (QED) is 0.596. The van der Waals surface area contributed by atoms with Crippen LogP contribution in [-0.2, 0) is 9.84 Å². The zero-order valence-corrected chi connectivity index (χ0v) is 15.9. The summed E-state index contributed by atoms with van der Waals surface area (Å²) in [6.45, 7) is 1.22. The van der Waals surface area contributed by atoms with Crippen molar-refractivity contribution in [2.75, 3.05) is 29.6 Å². The molecule has 2 aromatic rings. The molecule has 2 aromatic carbocycles. The summed E-state index contributed by atoms with van der Waals surface area (Å²) < 4.78 is 36.6. The third-order valence-corrected chi connectivity index (χ3v) is 5.81. The Hall–Kier alpha value is -2.39. The molecule has 144 valence electrons. The molecule has 10 heteroatoms. The third-order valence-electron chi connectivity index (χ3n) is 4.41. The monoisotopic (exact) mass is 413 g/mol. The average Bonchev–Trinajstić information content (AvgIpc) is 3.05. The first-order valence-electron chi connectivity index (χ1n) is 8.10. The SMILES string of the molecule is CS(=O)(=O)c1ccc(NC2CCN(c3ccc(F)c(Cl)c3)C2)c([N+](=O)[O-])c1. The van der Waals surface area contributed by atoms with Gasteiger partial charge < -0.3 is 10.2 Å². The van der Waals surface area contributed by atoms with E-state index >= 15 is 0 Å². The number of nitro benzene ring substituents is 1. The molecular formula is C17H17ClFN3O4S. The van der Waals surface area contributed by atoms with Crippen LogP contribution in [0.4, 0.5) is 21.5 Å². The van der Waals surface area contributed by atoms with Gasteiger partial charge in [0.1, 0.15) is 11.5 Å². The van der Waals surface area contributed by atoms with Gasteiger partial charge in [-0.15, -0.1) is 0 Å². The zero-order chi connectivity index (χ0) is 19.8. The van der Waals surface area contributed by atoms with E-state index in [9.17, 15) is 22.9 Å². The van der Waals surface area contributed by atoms with Crippen molar-refractivity contribution >= 4 is 38.5 Å². The van der Waals surface area contributed by atoms with Gasteiger partial charge in [-0.25, -0.2) is 12.8 Å². The molecule has 0 radical (unpaired) electrons. The van der Waals surface area contributed by atoms with E-state index in [2.05, 4.69) is 5.32 Å². The second-order valence-corrected chi connectivity index (χ2v) is 8.81. The van der Waals surface area contributed by atoms with Crippen molar-refractivity contribution in [3.8, 4) is 0 Å². The molecule has 0 amide bonds. The van der Waals surface area contributed by atoms with Crippen molar-refractivity contribution in [3.63, 3.8) is 0 Å². The highest BCUT2D eigenvalue weighted by Gasteiger charge is 2.26. The topological polar surface area (TPSA) is 92.6 Å². The van der Waals surface area contributed by atoms with Crippen LogP contribution in [0.15, 0.2) is 41.3 Å². The van der Waals surface area contributed by atoms with Crippen molar-refractivity contribution in [3.05, 3.63) is 57.4 Å². The average molecular weight is 414 g/mol. The van der Waals surface area contributed by atoms with Crippen LogP contribution >= 0.6 is 11.6 Å². The largest absolute Gasteiger partial charge is 0.375 e. The highest BCUT2D eigenvalue weighted by molar-refractivity contribution is 7.90. The number of benzene rings is 2. The number of anilines is 2. The molecule has 1 fully saturated rings. The van der Waals surface area contributed by atoms with E-state index in [1.54, 1.807) is 12.1 Å². The summed E-state index contributed by atoms with van der Waals surface area (Å²) in [5.41, 5.74) is 0.741. The van der Waals surface area contributed by atoms with Gasteiger partial charge in [-0.3, -0.25) is 10.1 Å². The van der Waals surface area contributed by atoms with Crippen LogP contribution in [0.5, 0.6) is 0 Å². The standard InChI is InChI=1S/C17H17ClFN3O4S/c1-27(25,26)13-3-5-16(17(9-13)22(23)24)20-11-6-7-21(10-11)12-2-4-15(19)14(18)8-12/h2-5,8-9,11,20H,6-7,10H2,1H3. The van der Waals surface area contributed by atoms with Crippen molar-refractivity contribution in [2.45, 2.75) is 17.4 Å². The van der Waals surface area contributed by atoms with Crippen molar-refractivity contribution in [1.82, 2.24) is 0 Å². The Kier molecular flexibility index (Phi) is 5.25. The summed E-state index contributed by atoms with van der Waals surface area (Å²) in [5.74, 6) is -0.490. The predicted molar refractivity (Wildman–Crippen MR) is 102 cm³/mol. The number of nitro groups is 1. The molecule has 0 aliphatic carbocycles. The lowest BCUT2D eigenvalue weighted by atomic mass is 10.2. The van der Waals surface area contributed by atoms with Crippen LogP contribution < -0.4 is 10.2 Å². The number of nitrogens with one attached hydrogen (secondary N) is 1. The molecule has 1 aliphatic heterocycles. The minimum Gasteiger partial charge on any atom is -0.375 e. The smallest absolute Gasteiger partial charge is 0.293 e. The molecule has 0 aromatic heterocycles. The van der Waals surface area contributed by atoms with E-state index < -0.39 is 20.6 Å². The molecule has 1 saturated heterocycles. The first-order valence-corrected chi connectivity index (χ1v) is 10.4. The fraction of sp³-hybridized carbons (Fsp3) is 0.294. The summed E-state index contributed by atoms with van der Waals surface area (Å²) >= 11 is 5.82. The Labute approximate surface area is 160 Å². The molecule has 3 rings (SSSR count). The predicted octanol–water partition coefficient (Wildman–Crippen LogP) is 3.48. The van der Waals surface area contributed by atoms with Gasteiger partial charge in [0.2, 0.25) is 0 Å². The maximum absolute atomic E-state index is 13.3. The van der Waals surface area contributed by atoms with Crippen LogP contribution in [-0.4, -0.2) is 38.7 Å². The first-order chi connectivity index (χ1) is 12.6. The Morgan fingerprint density at radius 2 is 2.04 bits per heavy atom. The lowest BCUT2D eigenvalue weighted by Crippen LogP contribution is -2.26. The summed E-state index contributed by atoms with van der Waals surface area (Å²) in [6, 6.07) is 8.20. The Morgan fingerprint density at radius 3 is 2.67 bits per heavy atom. The second kappa shape index (κ2) is 7.32. The molecule has 0 spiro atoms. The number of nitrogens with zero attached hydrogens (tertiary/aromatic N) is 2. The van der Waals surface area contributed by atoms with E-state index in [4.69, 9.17) is 11.6 Å². The van der Waals surface area contributed by atoms with E-state index in [1.807, 2.05) is 4.90 Å². The van der Waals surface area contributed by atoms with Crippen LogP contribution in [0.1, 0.15) is 6.42 Å². The molecule has 1 heterocycles. The lowest BCUT2D eigenvalue weighted by molar-refractivity contribution is -0.384. The maximum Gasteiger partial charge on any atom is 0.293 e. The van der Waals surface area contributed by atoms with E-state index in [-0.39, 0.29) is 27.3 Å². The summed E-state index contributed by atoms with van der Waals surface area (Å²) in [4.78, 5) is 12.6. The minimum atomic E-state index is -3.54. The summed E-state index contributed by atoms with van der Waals surface area (Å²) in [6.07, 6.45) is 1.71. The molecule has 1 aliphatic rings. The van der Waals surface area contributed by atoms with Gasteiger partial charge in [0.15, 0.2) is 9.84 Å². The minimum absolute atomic E-state index is 0.0379. The van der Waals surface area contributed by atoms with Crippen molar-refractivity contribution in [2.24, 2.45) is 0 Å². The fourth-order valence-corrected chi connectivity index (χ4v) is 3.85. The highest BCUT2D eigenvalue weighted by atomic mass is 35.5. The Morgan fingerprint density at radius 1 is 1.30 bits per heavy atom. The maximum atomic E-state index is 13.3. The lowest BCUT2D eigenvalue weighted by Gasteiger charge is -2.20. The van der Waals surface area contributed by atoms with Gasteiger partial charge >= 0.3 is 0 Å². The van der Waals surface area contributed by atoms with Crippen molar-refractivity contribution < 1.29 is 17.7 Å². The van der Waals surface area contributed by atoms with Crippen LogP contribution in [0.2, 0.25) is 5.02 Å². The van der Waals surface area contributed by atoms with Crippen LogP contribution in [0.3, 0.4) is 0 Å². The van der Waals surface area contributed by atoms with Crippen LogP contribution in [0, 0.1) is 15.9 Å². The van der Waals surface area contributed by atoms with E-state index in [0.29, 0.717) is 19.5 Å². The molecule has 0 saturated carbocycles. The molecule has 7 nitrogen and oxygen atoms in total. The summed E-state index contributed by atoms with van der Waals surface area (Å²) in [7, 11) is -3.54. The molecular weight excluding hydrogens is 397 g/mol. The first kappa shape index (κ1) is 19.4. The van der Waals surface area contributed by atoms with Gasteiger partial charge in [-0.1, -0.05) is 11.6 Å². The number of hydrogen-bond donors (Lipinski definition) is 1. The fourth-order valence-electron chi connectivity index (χ4n) is 3.03. The Balaban J connectivity index is 1.78. The van der Waals surface area contributed by atoms with Crippen molar-refractivity contribution in [1.29, 1.82) is 0 Å². The molecule has 27 heavy (non-hydrogen) atoms. The highest BCUT2D eigenvalue weighted by Crippen LogP contribution is 2.31. The number of hydrogen-bond acceptors (Lipinski definition) is 6. The molecule has 1 N–H and O–H groups in total. The third kappa shape index (κ3) is 4.30. The zero-order valence-electron chi connectivity index (χ0n) is 14.4. The van der Waals surface area contributed by atoms with Crippen LogP contribution in [0.25, 0.3) is 0 Å².